The number of nitrogens with one attached hydrogen (secondary N) is 1. The molecule has 0 fully saturated rings. The van der Waals surface area contributed by atoms with E-state index in [2.05, 4.69) is 15.5 Å². The maximum Gasteiger partial charge on any atom is 0.256 e. The van der Waals surface area contributed by atoms with E-state index in [0.717, 1.165) is 22.2 Å². The molecule has 7 nitrogen and oxygen atoms in total. The zero-order valence-electron chi connectivity index (χ0n) is 17.6. The second-order valence-corrected chi connectivity index (χ2v) is 7.49. The lowest BCUT2D eigenvalue weighted by molar-refractivity contribution is 0.102. The van der Waals surface area contributed by atoms with E-state index in [9.17, 15) is 4.79 Å². The first kappa shape index (κ1) is 19.7. The van der Waals surface area contributed by atoms with E-state index in [1.165, 1.54) is 0 Å². The number of amides is 1. The van der Waals surface area contributed by atoms with Gasteiger partial charge in [0.1, 0.15) is 0 Å². The van der Waals surface area contributed by atoms with Crippen molar-refractivity contribution in [3.05, 3.63) is 96.4 Å². The minimum Gasteiger partial charge on any atom is -0.319 e. The Balaban J connectivity index is 1.46. The number of aromatic nitrogens is 5. The predicted octanol–water partition coefficient (Wildman–Crippen LogP) is 4.62. The zero-order valence-corrected chi connectivity index (χ0v) is 17.6. The second kappa shape index (κ2) is 8.47. The van der Waals surface area contributed by atoms with Gasteiger partial charge in [-0.3, -0.25) is 9.48 Å². The highest BCUT2D eigenvalue weighted by Crippen LogP contribution is 2.25. The van der Waals surface area contributed by atoms with Gasteiger partial charge in [-0.05, 0) is 18.6 Å². The zero-order chi connectivity index (χ0) is 21.9. The van der Waals surface area contributed by atoms with Crippen LogP contribution in [-0.2, 0) is 13.1 Å². The number of anilines is 1. The summed E-state index contributed by atoms with van der Waals surface area (Å²) in [5, 5.41) is 12.5. The molecule has 0 aliphatic heterocycles. The quantitative estimate of drug-likeness (QED) is 0.433. The van der Waals surface area contributed by atoms with Crippen LogP contribution in [0, 0.1) is 0 Å². The minimum absolute atomic E-state index is 0.218. The summed E-state index contributed by atoms with van der Waals surface area (Å²) in [5.41, 5.74) is 4.69. The smallest absolute Gasteiger partial charge is 0.256 e. The lowest BCUT2D eigenvalue weighted by atomic mass is 10.1. The highest BCUT2D eigenvalue weighted by Gasteiger charge is 2.18. The first-order chi connectivity index (χ1) is 15.7. The summed E-state index contributed by atoms with van der Waals surface area (Å²) in [6.45, 7) is 3.31. The molecule has 5 aromatic rings. The number of fused-ring (bicyclic) bond motifs is 1. The van der Waals surface area contributed by atoms with Crippen molar-refractivity contribution >= 4 is 22.6 Å². The van der Waals surface area contributed by atoms with Gasteiger partial charge in [0, 0.05) is 18.3 Å². The number of hydrogen-bond acceptors (Lipinski definition) is 4. The number of carbonyl (C=O) groups is 1. The molecule has 0 saturated carbocycles. The highest BCUT2D eigenvalue weighted by molar-refractivity contribution is 6.12. The number of pyridine rings is 1. The average Bonchev–Trinajstić information content (AvgIpc) is 3.46. The van der Waals surface area contributed by atoms with Crippen molar-refractivity contribution < 1.29 is 4.79 Å². The van der Waals surface area contributed by atoms with Gasteiger partial charge in [-0.2, -0.15) is 10.2 Å². The highest BCUT2D eigenvalue weighted by atomic mass is 16.1. The van der Waals surface area contributed by atoms with Crippen LogP contribution in [0.1, 0.15) is 22.8 Å². The van der Waals surface area contributed by atoms with Crippen molar-refractivity contribution in [2.75, 3.05) is 5.32 Å². The van der Waals surface area contributed by atoms with E-state index in [0.29, 0.717) is 30.0 Å². The van der Waals surface area contributed by atoms with Crippen molar-refractivity contribution in [1.29, 1.82) is 0 Å². The predicted molar refractivity (Wildman–Crippen MR) is 124 cm³/mol. The Kier molecular flexibility index (Phi) is 5.21. The molecule has 0 atom stereocenters. The lowest BCUT2D eigenvalue weighted by Crippen LogP contribution is -2.13. The first-order valence-corrected chi connectivity index (χ1v) is 10.5. The molecule has 0 unspecified atom stereocenters. The van der Waals surface area contributed by atoms with Gasteiger partial charge < -0.3 is 5.32 Å². The summed E-state index contributed by atoms with van der Waals surface area (Å²) < 4.78 is 3.61. The Morgan fingerprint density at radius 2 is 1.72 bits per heavy atom. The fourth-order valence-corrected chi connectivity index (χ4v) is 3.71. The van der Waals surface area contributed by atoms with E-state index in [1.54, 1.807) is 21.8 Å². The fraction of sp³-hybridized carbons (Fsp3) is 0.120. The largest absolute Gasteiger partial charge is 0.319 e. The number of aryl methyl sites for hydroxylation is 1. The molecule has 0 saturated heterocycles. The van der Waals surface area contributed by atoms with E-state index in [1.807, 2.05) is 79.9 Å². The van der Waals surface area contributed by atoms with Crippen LogP contribution in [0.25, 0.3) is 22.3 Å². The summed E-state index contributed by atoms with van der Waals surface area (Å²) >= 11 is 0. The molecule has 2 aromatic carbocycles. The molecular formula is C25H22N6O. The van der Waals surface area contributed by atoms with Gasteiger partial charge in [0.2, 0.25) is 0 Å². The summed E-state index contributed by atoms with van der Waals surface area (Å²) in [6.07, 6.45) is 5.19. The van der Waals surface area contributed by atoms with Crippen LogP contribution < -0.4 is 5.32 Å². The Morgan fingerprint density at radius 1 is 0.969 bits per heavy atom. The monoisotopic (exact) mass is 422 g/mol. The number of nitrogens with zero attached hydrogens (tertiary/aromatic N) is 5. The number of carbonyl (C=O) groups excluding carboxylic acids is 1. The second-order valence-electron chi connectivity index (χ2n) is 7.49. The molecule has 0 aliphatic carbocycles. The van der Waals surface area contributed by atoms with Crippen molar-refractivity contribution in [2.45, 2.75) is 20.0 Å². The molecule has 0 radical (unpaired) electrons. The molecule has 5 rings (SSSR count). The molecule has 3 heterocycles. The maximum atomic E-state index is 13.3. The minimum atomic E-state index is -0.218. The van der Waals surface area contributed by atoms with E-state index < -0.39 is 0 Å². The Hall–Kier alpha value is -4.26. The van der Waals surface area contributed by atoms with Crippen molar-refractivity contribution in [3.63, 3.8) is 0 Å². The lowest BCUT2D eigenvalue weighted by Gasteiger charge is -2.08. The molecule has 1 N–H and O–H groups in total. The SMILES string of the molecule is CCn1ncc2c(C(=O)Nc3cnn(Cc4ccccc4)c3)cc(-c3ccccc3)nc21. The summed E-state index contributed by atoms with van der Waals surface area (Å²) in [7, 11) is 0. The standard InChI is InChI=1S/C25H22N6O/c1-2-31-24-22(15-27-31)21(13-23(29-24)19-11-7-4-8-12-19)25(32)28-20-14-26-30(17-20)16-18-9-5-3-6-10-18/h3-15,17H,2,16H2,1H3,(H,28,32). The third-order valence-corrected chi connectivity index (χ3v) is 5.30. The molecule has 0 bridgehead atoms. The molecule has 7 heteroatoms. The van der Waals surface area contributed by atoms with Crippen molar-refractivity contribution in [2.24, 2.45) is 0 Å². The summed E-state index contributed by atoms with van der Waals surface area (Å²) in [6, 6.07) is 21.7. The van der Waals surface area contributed by atoms with Gasteiger partial charge in [-0.15, -0.1) is 0 Å². The van der Waals surface area contributed by atoms with Gasteiger partial charge in [0.15, 0.2) is 5.65 Å². The molecule has 0 spiro atoms. The Bertz CT molecular complexity index is 1370. The van der Waals surface area contributed by atoms with Crippen LogP contribution in [0.5, 0.6) is 0 Å². The van der Waals surface area contributed by atoms with Gasteiger partial charge in [-0.1, -0.05) is 60.7 Å². The Labute approximate surface area is 185 Å². The van der Waals surface area contributed by atoms with Gasteiger partial charge in [0.05, 0.1) is 41.3 Å². The van der Waals surface area contributed by atoms with Gasteiger partial charge in [0.25, 0.3) is 5.91 Å². The molecule has 32 heavy (non-hydrogen) atoms. The van der Waals surface area contributed by atoms with Crippen LogP contribution in [-0.4, -0.2) is 30.5 Å². The summed E-state index contributed by atoms with van der Waals surface area (Å²) in [5.74, 6) is -0.218. The number of hydrogen-bond donors (Lipinski definition) is 1. The third-order valence-electron chi connectivity index (χ3n) is 5.30. The van der Waals surface area contributed by atoms with Crippen LogP contribution >= 0.6 is 0 Å². The first-order valence-electron chi connectivity index (χ1n) is 10.5. The normalized spacial score (nSPS) is 11.0. The average molecular weight is 422 g/mol. The van der Waals surface area contributed by atoms with Crippen LogP contribution in [0.3, 0.4) is 0 Å². The van der Waals surface area contributed by atoms with Crippen LogP contribution in [0.15, 0.2) is 85.3 Å². The van der Waals surface area contributed by atoms with Gasteiger partial charge >= 0.3 is 0 Å². The molecule has 1 amide bonds. The van der Waals surface area contributed by atoms with E-state index >= 15 is 0 Å². The van der Waals surface area contributed by atoms with E-state index in [-0.39, 0.29) is 5.91 Å². The van der Waals surface area contributed by atoms with Crippen LogP contribution in [0.2, 0.25) is 0 Å². The fourth-order valence-electron chi connectivity index (χ4n) is 3.71. The molecule has 158 valence electrons. The number of benzene rings is 2. The summed E-state index contributed by atoms with van der Waals surface area (Å²) in [4.78, 5) is 18.0. The molecule has 3 aromatic heterocycles. The Morgan fingerprint density at radius 3 is 2.47 bits per heavy atom. The van der Waals surface area contributed by atoms with E-state index in [4.69, 9.17) is 4.98 Å². The topological polar surface area (TPSA) is 77.6 Å². The molecule has 0 aliphatic rings. The van der Waals surface area contributed by atoms with Crippen molar-refractivity contribution in [3.8, 4) is 11.3 Å². The third kappa shape index (κ3) is 3.88. The van der Waals surface area contributed by atoms with Crippen molar-refractivity contribution in [1.82, 2.24) is 24.5 Å². The van der Waals surface area contributed by atoms with Crippen LogP contribution in [0.4, 0.5) is 5.69 Å². The maximum absolute atomic E-state index is 13.3. The molecular weight excluding hydrogens is 400 g/mol. The number of rotatable bonds is 6. The van der Waals surface area contributed by atoms with Gasteiger partial charge in [-0.25, -0.2) is 9.67 Å².